The Bertz CT molecular complexity index is 394. The van der Waals surface area contributed by atoms with Crippen molar-refractivity contribution in [3.63, 3.8) is 0 Å². The molecule has 0 fully saturated rings. The Morgan fingerprint density at radius 3 is 2.13 bits per heavy atom. The number of unbranched alkanes of at least 4 members (excludes halogenated alkanes) is 9. The van der Waals surface area contributed by atoms with Crippen LogP contribution in [-0.2, 0) is 6.42 Å². The molecule has 0 bridgehead atoms. The lowest BCUT2D eigenvalue weighted by Crippen LogP contribution is -2.31. The van der Waals surface area contributed by atoms with Crippen LogP contribution in [0.15, 0.2) is 11.4 Å². The van der Waals surface area contributed by atoms with Gasteiger partial charge in [-0.2, -0.15) is 0 Å². The Morgan fingerprint density at radius 1 is 1.00 bits per heavy atom. The van der Waals surface area contributed by atoms with Crippen molar-refractivity contribution in [3.8, 4) is 0 Å². The second-order valence-corrected chi connectivity index (χ2v) is 7.57. The van der Waals surface area contributed by atoms with E-state index in [-0.39, 0.29) is 6.61 Å². The highest BCUT2D eigenvalue weighted by Gasteiger charge is 2.17. The number of aryl methyl sites for hydroxylation is 1. The van der Waals surface area contributed by atoms with Crippen molar-refractivity contribution in [2.75, 3.05) is 6.61 Å². The minimum Gasteiger partial charge on any atom is -0.395 e. The standard InChI is InChI=1S/C19H35NO2S/c1-2-3-4-5-6-7-8-9-10-11-12-17-13-16(15-23-17)19(22)18(20)14-21/h13,15,18-19,21-22H,2-12,14,20H2,1H3. The summed E-state index contributed by atoms with van der Waals surface area (Å²) in [6.07, 6.45) is 13.9. The molecule has 1 heterocycles. The smallest absolute Gasteiger partial charge is 0.0971 e. The Hall–Kier alpha value is -0.420. The lowest BCUT2D eigenvalue weighted by atomic mass is 10.0. The molecule has 1 aromatic rings. The van der Waals surface area contributed by atoms with Crippen molar-refractivity contribution < 1.29 is 10.2 Å². The molecule has 1 aromatic heterocycles. The van der Waals surface area contributed by atoms with Crippen LogP contribution < -0.4 is 5.73 Å². The van der Waals surface area contributed by atoms with Crippen LogP contribution in [0.5, 0.6) is 0 Å². The highest BCUT2D eigenvalue weighted by molar-refractivity contribution is 7.10. The molecule has 2 atom stereocenters. The molecule has 0 saturated carbocycles. The summed E-state index contributed by atoms with van der Waals surface area (Å²) in [4.78, 5) is 1.31. The maximum Gasteiger partial charge on any atom is 0.0971 e. The molecule has 0 amide bonds. The summed E-state index contributed by atoms with van der Waals surface area (Å²) >= 11 is 1.69. The van der Waals surface area contributed by atoms with E-state index >= 15 is 0 Å². The molecule has 0 aliphatic carbocycles. The van der Waals surface area contributed by atoms with Crippen LogP contribution in [0.1, 0.15) is 87.7 Å². The second kappa shape index (κ2) is 12.9. The topological polar surface area (TPSA) is 66.5 Å². The Morgan fingerprint density at radius 2 is 1.57 bits per heavy atom. The minimum atomic E-state index is -0.752. The van der Waals surface area contributed by atoms with Crippen molar-refractivity contribution in [1.82, 2.24) is 0 Å². The molecule has 0 radical (unpaired) electrons. The third kappa shape index (κ3) is 8.85. The molecule has 23 heavy (non-hydrogen) atoms. The van der Waals surface area contributed by atoms with E-state index in [9.17, 15) is 5.11 Å². The van der Waals surface area contributed by atoms with Crippen LogP contribution in [0.25, 0.3) is 0 Å². The third-order valence-electron chi connectivity index (χ3n) is 4.41. The molecule has 0 aromatic carbocycles. The first-order chi connectivity index (χ1) is 11.2. The number of aliphatic hydroxyl groups excluding tert-OH is 2. The van der Waals surface area contributed by atoms with Crippen molar-refractivity contribution in [2.45, 2.75) is 89.7 Å². The fourth-order valence-electron chi connectivity index (χ4n) is 2.82. The maximum absolute atomic E-state index is 9.97. The first kappa shape index (κ1) is 20.6. The number of rotatable bonds is 14. The zero-order valence-corrected chi connectivity index (χ0v) is 15.5. The van der Waals surface area contributed by atoms with Gasteiger partial charge in [-0.05, 0) is 29.9 Å². The quantitative estimate of drug-likeness (QED) is 0.434. The van der Waals surface area contributed by atoms with E-state index in [0.29, 0.717) is 0 Å². The van der Waals surface area contributed by atoms with Crippen molar-refractivity contribution >= 4 is 11.3 Å². The van der Waals surface area contributed by atoms with Gasteiger partial charge in [-0.25, -0.2) is 0 Å². The average molecular weight is 342 g/mol. The summed E-state index contributed by atoms with van der Waals surface area (Å²) in [7, 11) is 0. The van der Waals surface area contributed by atoms with Crippen LogP contribution >= 0.6 is 11.3 Å². The van der Waals surface area contributed by atoms with E-state index in [1.54, 1.807) is 11.3 Å². The fraction of sp³-hybridized carbons (Fsp3) is 0.789. The highest BCUT2D eigenvalue weighted by atomic mass is 32.1. The minimum absolute atomic E-state index is 0.190. The summed E-state index contributed by atoms with van der Waals surface area (Å²) in [6.45, 7) is 2.07. The van der Waals surface area contributed by atoms with Gasteiger partial charge < -0.3 is 15.9 Å². The number of thiophene rings is 1. The van der Waals surface area contributed by atoms with Gasteiger partial charge in [0.25, 0.3) is 0 Å². The molecule has 0 aliphatic heterocycles. The van der Waals surface area contributed by atoms with E-state index in [2.05, 4.69) is 6.92 Å². The number of nitrogens with two attached hydrogens (primary N) is 1. The molecule has 0 saturated heterocycles. The van der Waals surface area contributed by atoms with E-state index < -0.39 is 12.1 Å². The van der Waals surface area contributed by atoms with Gasteiger partial charge in [-0.3, -0.25) is 0 Å². The van der Waals surface area contributed by atoms with Gasteiger partial charge in [0.15, 0.2) is 0 Å². The van der Waals surface area contributed by atoms with Gasteiger partial charge >= 0.3 is 0 Å². The highest BCUT2D eigenvalue weighted by Crippen LogP contribution is 2.24. The summed E-state index contributed by atoms with van der Waals surface area (Å²) < 4.78 is 0. The average Bonchev–Trinajstić information content (AvgIpc) is 3.04. The summed E-state index contributed by atoms with van der Waals surface area (Å²) in [5.41, 5.74) is 6.51. The Labute approximate surface area is 145 Å². The zero-order chi connectivity index (χ0) is 16.9. The third-order valence-corrected chi connectivity index (χ3v) is 5.42. The van der Waals surface area contributed by atoms with Crippen LogP contribution in [-0.4, -0.2) is 22.9 Å². The van der Waals surface area contributed by atoms with Crippen molar-refractivity contribution in [1.29, 1.82) is 0 Å². The summed E-state index contributed by atoms with van der Waals surface area (Å²) in [5.74, 6) is 0. The van der Waals surface area contributed by atoms with Crippen LogP contribution in [0, 0.1) is 0 Å². The molecule has 4 heteroatoms. The van der Waals surface area contributed by atoms with Crippen LogP contribution in [0.2, 0.25) is 0 Å². The van der Waals surface area contributed by atoms with E-state index in [1.165, 1.54) is 69.1 Å². The van der Waals surface area contributed by atoms with E-state index in [1.807, 2.05) is 11.4 Å². The first-order valence-electron chi connectivity index (χ1n) is 9.30. The Balaban J connectivity index is 2.05. The summed E-state index contributed by atoms with van der Waals surface area (Å²) in [6, 6.07) is 1.45. The van der Waals surface area contributed by atoms with Crippen LogP contribution in [0.4, 0.5) is 0 Å². The zero-order valence-electron chi connectivity index (χ0n) is 14.7. The Kier molecular flexibility index (Phi) is 11.6. The monoisotopic (exact) mass is 341 g/mol. The molecule has 134 valence electrons. The van der Waals surface area contributed by atoms with Gasteiger partial charge in [-0.15, -0.1) is 11.3 Å². The van der Waals surface area contributed by atoms with Crippen molar-refractivity contribution in [2.24, 2.45) is 5.73 Å². The lowest BCUT2D eigenvalue weighted by Gasteiger charge is -2.14. The fourth-order valence-corrected chi connectivity index (χ4v) is 3.78. The molecular formula is C19H35NO2S. The van der Waals surface area contributed by atoms with E-state index in [4.69, 9.17) is 10.8 Å². The van der Waals surface area contributed by atoms with Gasteiger partial charge in [-0.1, -0.05) is 64.7 Å². The van der Waals surface area contributed by atoms with Gasteiger partial charge in [0.2, 0.25) is 0 Å². The number of hydrogen-bond acceptors (Lipinski definition) is 4. The normalized spacial score (nSPS) is 14.1. The SMILES string of the molecule is CCCCCCCCCCCCc1cc(C(O)C(N)CO)cs1. The lowest BCUT2D eigenvalue weighted by molar-refractivity contribution is 0.110. The number of hydrogen-bond donors (Lipinski definition) is 3. The maximum atomic E-state index is 9.97. The van der Waals surface area contributed by atoms with E-state index in [0.717, 1.165) is 12.0 Å². The van der Waals surface area contributed by atoms with Crippen LogP contribution in [0.3, 0.4) is 0 Å². The first-order valence-corrected chi connectivity index (χ1v) is 10.2. The summed E-state index contributed by atoms with van der Waals surface area (Å²) in [5, 5.41) is 20.9. The molecular weight excluding hydrogens is 306 g/mol. The molecule has 3 nitrogen and oxygen atoms in total. The van der Waals surface area contributed by atoms with Gasteiger partial charge in [0.1, 0.15) is 0 Å². The molecule has 0 spiro atoms. The molecule has 4 N–H and O–H groups in total. The van der Waals surface area contributed by atoms with Crippen molar-refractivity contribution in [3.05, 3.63) is 21.9 Å². The largest absolute Gasteiger partial charge is 0.395 e. The molecule has 1 rings (SSSR count). The number of aliphatic hydroxyl groups is 2. The second-order valence-electron chi connectivity index (χ2n) is 6.57. The predicted molar refractivity (Wildman–Crippen MR) is 99.9 cm³/mol. The van der Waals surface area contributed by atoms with Gasteiger partial charge in [0.05, 0.1) is 18.8 Å². The van der Waals surface area contributed by atoms with Gasteiger partial charge in [0, 0.05) is 4.88 Å². The molecule has 2 unspecified atom stereocenters. The predicted octanol–water partition coefficient (Wildman–Crippen LogP) is 4.56. The molecule has 0 aliphatic rings.